The number of amides is 4. The van der Waals surface area contributed by atoms with Crippen LogP contribution in [0.5, 0.6) is 0 Å². The number of aliphatic hydroxyl groups is 10. The molecule has 0 aromatic heterocycles. The van der Waals surface area contributed by atoms with E-state index in [0.717, 1.165) is 6.42 Å². The van der Waals surface area contributed by atoms with E-state index in [2.05, 4.69) is 16.0 Å². The molecular formula is C41H78N4O18. The lowest BCUT2D eigenvalue weighted by atomic mass is 10.1. The van der Waals surface area contributed by atoms with Crippen LogP contribution in [0.15, 0.2) is 0 Å². The van der Waals surface area contributed by atoms with Crippen LogP contribution in [0, 0.1) is 0 Å². The zero-order chi connectivity index (χ0) is 47.2. The number of nitrogens with zero attached hydrogens (tertiary/aromatic N) is 1. The highest BCUT2D eigenvalue weighted by Crippen LogP contribution is 2.22. The number of carbonyl (C=O) groups excluding carboxylic acids is 4. The van der Waals surface area contributed by atoms with Crippen molar-refractivity contribution in [1.29, 1.82) is 0 Å². The van der Waals surface area contributed by atoms with Crippen molar-refractivity contribution in [1.82, 2.24) is 20.9 Å². The largest absolute Gasteiger partial charge is 0.396 e. The molecule has 11 atom stereocenters. The van der Waals surface area contributed by atoms with Crippen molar-refractivity contribution in [3.63, 3.8) is 0 Å². The summed E-state index contributed by atoms with van der Waals surface area (Å²) in [6.07, 6.45) is -8.26. The molecule has 13 N–H and O–H groups in total. The SMILES string of the molecule is COC[C@@H]1C[C@@H](OC)CN1C(=O)CCCCCNC(=O)[C@@H](CCCCNC(=O)CCCCOC(O)C(O)C(O)C(O)CCO)NC(=O)CCCCOC(O)C(O)C(O)C(O)CCO. The number of carbonyl (C=O) groups is 4. The topological polar surface area (TPSA) is 347 Å². The van der Waals surface area contributed by atoms with Gasteiger partial charge in [-0.1, -0.05) is 6.42 Å². The van der Waals surface area contributed by atoms with E-state index in [0.29, 0.717) is 84.0 Å². The molecule has 0 spiro atoms. The first kappa shape index (κ1) is 58.3. The third-order valence-corrected chi connectivity index (χ3v) is 10.7. The van der Waals surface area contributed by atoms with Gasteiger partial charge in [-0.25, -0.2) is 0 Å². The molecule has 4 amide bonds. The Morgan fingerprint density at radius 1 is 0.619 bits per heavy atom. The third kappa shape index (κ3) is 24.4. The summed E-state index contributed by atoms with van der Waals surface area (Å²) in [6, 6.07) is -0.899. The van der Waals surface area contributed by atoms with E-state index in [1.165, 1.54) is 0 Å². The molecule has 1 heterocycles. The van der Waals surface area contributed by atoms with E-state index in [4.69, 9.17) is 29.2 Å². The lowest BCUT2D eigenvalue weighted by Gasteiger charge is -2.26. The smallest absolute Gasteiger partial charge is 0.242 e. The first-order valence-corrected chi connectivity index (χ1v) is 22.2. The molecule has 1 saturated heterocycles. The summed E-state index contributed by atoms with van der Waals surface area (Å²) >= 11 is 0. The van der Waals surface area contributed by atoms with E-state index >= 15 is 0 Å². The van der Waals surface area contributed by atoms with Gasteiger partial charge in [0.1, 0.15) is 30.5 Å². The number of hydrogen-bond donors (Lipinski definition) is 13. The minimum atomic E-state index is -1.82. The summed E-state index contributed by atoms with van der Waals surface area (Å²) in [5, 5.41) is 105. The predicted molar refractivity (Wildman–Crippen MR) is 224 cm³/mol. The van der Waals surface area contributed by atoms with Crippen LogP contribution in [0.2, 0.25) is 0 Å². The molecule has 370 valence electrons. The number of hydrogen-bond acceptors (Lipinski definition) is 18. The summed E-state index contributed by atoms with van der Waals surface area (Å²) < 4.78 is 20.9. The Labute approximate surface area is 370 Å². The zero-order valence-electron chi connectivity index (χ0n) is 37.0. The fraction of sp³-hybridized carbons (Fsp3) is 0.902. The summed E-state index contributed by atoms with van der Waals surface area (Å²) in [4.78, 5) is 53.2. The maximum absolute atomic E-state index is 13.2. The normalized spacial score (nSPS) is 19.7. The Balaban J connectivity index is 2.54. The second kappa shape index (κ2) is 34.6. The Morgan fingerprint density at radius 3 is 1.68 bits per heavy atom. The summed E-state index contributed by atoms with van der Waals surface area (Å²) in [5.41, 5.74) is 0. The molecule has 22 heteroatoms. The lowest BCUT2D eigenvalue weighted by molar-refractivity contribution is -0.203. The van der Waals surface area contributed by atoms with Crippen LogP contribution in [0.25, 0.3) is 0 Å². The van der Waals surface area contributed by atoms with Crippen molar-refractivity contribution in [2.24, 2.45) is 0 Å². The number of methoxy groups -OCH3 is 2. The number of unbranched alkanes of at least 4 members (excludes halogenated alkanes) is 5. The Kier molecular flexibility index (Phi) is 32.1. The third-order valence-electron chi connectivity index (χ3n) is 10.7. The van der Waals surface area contributed by atoms with E-state index in [9.17, 15) is 60.0 Å². The van der Waals surface area contributed by atoms with Gasteiger partial charge in [-0.2, -0.15) is 0 Å². The summed E-state index contributed by atoms with van der Waals surface area (Å²) in [5.74, 6) is -0.997. The van der Waals surface area contributed by atoms with E-state index in [1.807, 2.05) is 4.90 Å². The molecule has 22 nitrogen and oxygen atoms in total. The fourth-order valence-electron chi connectivity index (χ4n) is 6.86. The number of likely N-dealkylation sites (tertiary alicyclic amines) is 1. The molecule has 1 rings (SSSR count). The molecule has 1 fully saturated rings. The van der Waals surface area contributed by atoms with Gasteiger partial charge in [0.2, 0.25) is 23.6 Å². The van der Waals surface area contributed by atoms with Gasteiger partial charge in [0.15, 0.2) is 12.6 Å². The average molecular weight is 915 g/mol. The van der Waals surface area contributed by atoms with Gasteiger partial charge in [0.05, 0.1) is 31.0 Å². The van der Waals surface area contributed by atoms with Crippen molar-refractivity contribution in [2.75, 3.05) is 66.9 Å². The highest BCUT2D eigenvalue weighted by atomic mass is 16.6. The number of rotatable bonds is 38. The summed E-state index contributed by atoms with van der Waals surface area (Å²) in [7, 11) is 3.22. The van der Waals surface area contributed by atoms with Crippen LogP contribution >= 0.6 is 0 Å². The van der Waals surface area contributed by atoms with Crippen molar-refractivity contribution in [3.05, 3.63) is 0 Å². The van der Waals surface area contributed by atoms with Crippen molar-refractivity contribution in [3.8, 4) is 0 Å². The number of ether oxygens (including phenoxy) is 4. The molecule has 1 aliphatic rings. The summed E-state index contributed by atoms with van der Waals surface area (Å²) in [6.45, 7) is 0.634. The number of nitrogens with one attached hydrogen (secondary N) is 3. The maximum atomic E-state index is 13.2. The molecule has 0 radical (unpaired) electrons. The molecule has 63 heavy (non-hydrogen) atoms. The monoisotopic (exact) mass is 915 g/mol. The highest BCUT2D eigenvalue weighted by molar-refractivity contribution is 5.87. The van der Waals surface area contributed by atoms with Crippen molar-refractivity contribution >= 4 is 23.6 Å². The zero-order valence-corrected chi connectivity index (χ0v) is 37.0. The molecule has 0 aromatic rings. The van der Waals surface area contributed by atoms with Crippen molar-refractivity contribution < 1.29 is 89.2 Å². The highest BCUT2D eigenvalue weighted by Gasteiger charge is 2.35. The first-order valence-electron chi connectivity index (χ1n) is 22.2. The van der Waals surface area contributed by atoms with Gasteiger partial charge >= 0.3 is 0 Å². The number of aliphatic hydroxyl groups excluding tert-OH is 10. The predicted octanol–water partition coefficient (Wildman–Crippen LogP) is -3.36. The molecule has 0 aliphatic carbocycles. The molecule has 0 bridgehead atoms. The van der Waals surface area contributed by atoms with Crippen LogP contribution < -0.4 is 16.0 Å². The first-order chi connectivity index (χ1) is 30.1. The minimum Gasteiger partial charge on any atom is -0.396 e. The van der Waals surface area contributed by atoms with Crippen molar-refractivity contribution in [2.45, 2.75) is 170 Å². The van der Waals surface area contributed by atoms with Crippen LogP contribution in [0.4, 0.5) is 0 Å². The molecule has 8 unspecified atom stereocenters. The Bertz CT molecular complexity index is 1240. The van der Waals surface area contributed by atoms with Gasteiger partial charge in [-0.05, 0) is 77.0 Å². The Morgan fingerprint density at radius 2 is 1.14 bits per heavy atom. The van der Waals surface area contributed by atoms with Gasteiger partial charge < -0.3 is 90.9 Å². The second-order valence-corrected chi connectivity index (χ2v) is 15.9. The quantitative estimate of drug-likeness (QED) is 0.0212. The van der Waals surface area contributed by atoms with Crippen LogP contribution in [-0.2, 0) is 38.1 Å². The fourth-order valence-corrected chi connectivity index (χ4v) is 6.86. The minimum absolute atomic E-state index is 0.0153. The average Bonchev–Trinajstić information content (AvgIpc) is 3.68. The Hall–Kier alpha value is -2.68. The van der Waals surface area contributed by atoms with Gasteiger partial charge in [-0.15, -0.1) is 0 Å². The second-order valence-electron chi connectivity index (χ2n) is 15.9. The van der Waals surface area contributed by atoms with Gasteiger partial charge in [0.25, 0.3) is 0 Å². The molecule has 1 aliphatic heterocycles. The molecule has 0 saturated carbocycles. The van der Waals surface area contributed by atoms with Gasteiger partial charge in [-0.3, -0.25) is 19.2 Å². The standard InChI is InChI=1S/C41H78N4O18/c1-60-26-27-24-28(61-2)25-45(27)34(52)15-4-3-8-19-43-39(57)29(44-33(51)14-7-11-23-63-41(59)38(56)36(54)31(49)17-21-47)12-5-9-18-42-32(50)13-6-10-22-62-40(58)37(55)35(53)30(48)16-20-46/h27-31,35-38,40-41,46-49,53-56,58-59H,3-26H2,1-2H3,(H,42,50)(H,43,57)(H,44,51)/t27-,28+,29+,30?,31?,35?,36?,37?,38?,40?,41?/m0/s1. The van der Waals surface area contributed by atoms with Crippen LogP contribution in [0.3, 0.4) is 0 Å². The van der Waals surface area contributed by atoms with E-state index in [1.54, 1.807) is 14.2 Å². The van der Waals surface area contributed by atoms with E-state index in [-0.39, 0.29) is 81.6 Å². The van der Waals surface area contributed by atoms with E-state index < -0.39 is 74.4 Å². The molecular weight excluding hydrogens is 836 g/mol. The lowest BCUT2D eigenvalue weighted by Crippen LogP contribution is -2.47. The van der Waals surface area contributed by atoms with Gasteiger partial charge in [0, 0.05) is 79.5 Å². The maximum Gasteiger partial charge on any atom is 0.242 e. The van der Waals surface area contributed by atoms with Crippen LogP contribution in [0.1, 0.15) is 103 Å². The molecule has 0 aromatic carbocycles. The van der Waals surface area contributed by atoms with Crippen LogP contribution in [-0.4, -0.2) is 214 Å².